The first-order chi connectivity index (χ1) is 13.4. The van der Waals surface area contributed by atoms with Crippen molar-refractivity contribution in [1.29, 1.82) is 0 Å². The van der Waals surface area contributed by atoms with Gasteiger partial charge < -0.3 is 11.1 Å². The van der Waals surface area contributed by atoms with Gasteiger partial charge in [0.15, 0.2) is 0 Å². The number of halogens is 3. The number of hydrogen-bond donors (Lipinski definition) is 2. The maximum Gasteiger partial charge on any atom is 0.268 e. The van der Waals surface area contributed by atoms with E-state index in [0.29, 0.717) is 20.4 Å². The minimum Gasteiger partial charge on any atom is -0.397 e. The van der Waals surface area contributed by atoms with Crippen LogP contribution in [0.1, 0.15) is 9.67 Å². The van der Waals surface area contributed by atoms with Crippen LogP contribution in [0, 0.1) is 11.6 Å². The Hall–Kier alpha value is -2.84. The second-order valence-electron chi connectivity index (χ2n) is 5.98. The highest BCUT2D eigenvalue weighted by Gasteiger charge is 2.19. The van der Waals surface area contributed by atoms with Crippen LogP contribution in [0.5, 0.6) is 0 Å². The van der Waals surface area contributed by atoms with E-state index in [-0.39, 0.29) is 22.1 Å². The van der Waals surface area contributed by atoms with Gasteiger partial charge in [0, 0.05) is 15.4 Å². The fourth-order valence-electron chi connectivity index (χ4n) is 2.72. The lowest BCUT2D eigenvalue weighted by molar-refractivity contribution is 0.103. The van der Waals surface area contributed by atoms with Gasteiger partial charge in [-0.25, -0.2) is 13.8 Å². The van der Waals surface area contributed by atoms with Crippen molar-refractivity contribution in [2.75, 3.05) is 11.1 Å². The van der Waals surface area contributed by atoms with E-state index in [0.717, 1.165) is 16.9 Å². The smallest absolute Gasteiger partial charge is 0.268 e. The molecule has 8 heteroatoms. The molecule has 4 nitrogen and oxygen atoms in total. The molecule has 1 amide bonds. The average Bonchev–Trinajstić information content (AvgIpc) is 3.01. The maximum atomic E-state index is 14.0. The lowest BCUT2D eigenvalue weighted by Crippen LogP contribution is -2.13. The van der Waals surface area contributed by atoms with Crippen molar-refractivity contribution in [2.24, 2.45) is 0 Å². The summed E-state index contributed by atoms with van der Waals surface area (Å²) in [6.07, 6.45) is 0. The van der Waals surface area contributed by atoms with Gasteiger partial charge in [-0.1, -0.05) is 15.9 Å². The van der Waals surface area contributed by atoms with Crippen LogP contribution in [0.2, 0.25) is 0 Å². The zero-order valence-electron chi connectivity index (χ0n) is 14.2. The van der Waals surface area contributed by atoms with E-state index in [4.69, 9.17) is 5.73 Å². The van der Waals surface area contributed by atoms with Gasteiger partial charge >= 0.3 is 0 Å². The molecule has 140 valence electrons. The van der Waals surface area contributed by atoms with Crippen LogP contribution in [-0.4, -0.2) is 10.9 Å². The molecule has 0 radical (unpaired) electrons. The van der Waals surface area contributed by atoms with Crippen LogP contribution in [0.15, 0.2) is 59.1 Å². The van der Waals surface area contributed by atoms with Crippen LogP contribution in [-0.2, 0) is 0 Å². The molecule has 0 saturated heterocycles. The summed E-state index contributed by atoms with van der Waals surface area (Å²) in [6, 6.07) is 13.9. The van der Waals surface area contributed by atoms with E-state index in [1.54, 1.807) is 30.3 Å². The number of rotatable bonds is 3. The normalized spacial score (nSPS) is 11.0. The number of pyridine rings is 1. The standard InChI is InChI=1S/C20H12BrF2N3OS/c21-11-3-7-16(14(23)9-11)25-19(27)18-17(24)13-6-8-15(26-20(13)28-18)10-1-4-12(22)5-2-10/h1-9H,24H2,(H,25,27). The molecule has 0 aliphatic carbocycles. The Labute approximate surface area is 171 Å². The van der Waals surface area contributed by atoms with Gasteiger partial charge in [0.2, 0.25) is 0 Å². The number of carbonyl (C=O) groups excluding carboxylic acids is 1. The summed E-state index contributed by atoms with van der Waals surface area (Å²) in [5, 5.41) is 3.17. The summed E-state index contributed by atoms with van der Waals surface area (Å²) in [5.41, 5.74) is 7.86. The van der Waals surface area contributed by atoms with Gasteiger partial charge in [-0.3, -0.25) is 4.79 Å². The minimum atomic E-state index is -0.556. The maximum absolute atomic E-state index is 14.0. The fraction of sp³-hybridized carbons (Fsp3) is 0. The van der Waals surface area contributed by atoms with E-state index in [2.05, 4.69) is 26.2 Å². The zero-order valence-corrected chi connectivity index (χ0v) is 16.6. The van der Waals surface area contributed by atoms with Gasteiger partial charge in [-0.15, -0.1) is 11.3 Å². The van der Waals surface area contributed by atoms with Crippen molar-refractivity contribution in [3.63, 3.8) is 0 Å². The highest BCUT2D eigenvalue weighted by atomic mass is 79.9. The van der Waals surface area contributed by atoms with Gasteiger partial charge in [0.1, 0.15) is 21.3 Å². The van der Waals surface area contributed by atoms with Crippen LogP contribution in [0.3, 0.4) is 0 Å². The van der Waals surface area contributed by atoms with E-state index in [1.165, 1.54) is 24.3 Å². The number of nitrogen functional groups attached to an aromatic ring is 1. The fourth-order valence-corrected chi connectivity index (χ4v) is 4.04. The third-order valence-electron chi connectivity index (χ3n) is 4.12. The predicted octanol–water partition coefficient (Wildman–Crippen LogP) is 5.84. The van der Waals surface area contributed by atoms with Gasteiger partial charge in [0.05, 0.1) is 17.1 Å². The molecule has 0 aliphatic heterocycles. The SMILES string of the molecule is Nc1c(C(=O)Nc2ccc(Br)cc2F)sc2nc(-c3ccc(F)cc3)ccc12. The molecule has 0 unspecified atom stereocenters. The summed E-state index contributed by atoms with van der Waals surface area (Å²) >= 11 is 4.29. The zero-order chi connectivity index (χ0) is 19.8. The van der Waals surface area contributed by atoms with E-state index < -0.39 is 11.7 Å². The molecular weight excluding hydrogens is 448 g/mol. The van der Waals surface area contributed by atoms with Crippen LogP contribution < -0.4 is 11.1 Å². The number of hydrogen-bond acceptors (Lipinski definition) is 4. The Morgan fingerprint density at radius 2 is 1.82 bits per heavy atom. The molecule has 0 fully saturated rings. The largest absolute Gasteiger partial charge is 0.397 e. The molecule has 2 aromatic carbocycles. The van der Waals surface area contributed by atoms with Crippen LogP contribution in [0.25, 0.3) is 21.5 Å². The van der Waals surface area contributed by atoms with Gasteiger partial charge in [0.25, 0.3) is 5.91 Å². The number of nitrogens with two attached hydrogens (primary N) is 1. The summed E-state index contributed by atoms with van der Waals surface area (Å²) in [4.78, 5) is 18.0. The Morgan fingerprint density at radius 1 is 1.07 bits per heavy atom. The second kappa shape index (κ2) is 7.29. The number of amides is 1. The number of benzene rings is 2. The molecule has 4 rings (SSSR count). The predicted molar refractivity (Wildman–Crippen MR) is 111 cm³/mol. The number of aromatic nitrogens is 1. The minimum absolute atomic E-state index is 0.0602. The number of anilines is 2. The highest BCUT2D eigenvalue weighted by Crippen LogP contribution is 2.35. The number of fused-ring (bicyclic) bond motifs is 1. The summed E-state index contributed by atoms with van der Waals surface area (Å²) < 4.78 is 27.7. The number of nitrogens with zero attached hydrogens (tertiary/aromatic N) is 1. The Bertz CT molecular complexity index is 1210. The Morgan fingerprint density at radius 3 is 2.54 bits per heavy atom. The average molecular weight is 460 g/mol. The van der Waals surface area contributed by atoms with E-state index >= 15 is 0 Å². The van der Waals surface area contributed by atoms with Crippen molar-refractivity contribution in [1.82, 2.24) is 4.98 Å². The molecule has 0 spiro atoms. The second-order valence-corrected chi connectivity index (χ2v) is 7.89. The lowest BCUT2D eigenvalue weighted by Gasteiger charge is -2.06. The third kappa shape index (κ3) is 3.48. The van der Waals surface area contributed by atoms with Crippen molar-refractivity contribution < 1.29 is 13.6 Å². The molecule has 4 aromatic rings. The molecule has 2 heterocycles. The van der Waals surface area contributed by atoms with E-state index in [1.807, 2.05) is 0 Å². The van der Waals surface area contributed by atoms with Crippen LogP contribution >= 0.6 is 27.3 Å². The van der Waals surface area contributed by atoms with Crippen molar-refractivity contribution in [3.8, 4) is 11.3 Å². The first-order valence-electron chi connectivity index (χ1n) is 8.14. The molecule has 28 heavy (non-hydrogen) atoms. The topological polar surface area (TPSA) is 68.0 Å². The number of nitrogens with one attached hydrogen (secondary N) is 1. The summed E-state index contributed by atoms with van der Waals surface area (Å²) in [7, 11) is 0. The lowest BCUT2D eigenvalue weighted by atomic mass is 10.1. The highest BCUT2D eigenvalue weighted by molar-refractivity contribution is 9.10. The summed E-state index contributed by atoms with van der Waals surface area (Å²) in [6.45, 7) is 0. The monoisotopic (exact) mass is 459 g/mol. The molecule has 0 atom stereocenters. The molecule has 0 bridgehead atoms. The van der Waals surface area contributed by atoms with Gasteiger partial charge in [-0.05, 0) is 54.6 Å². The Kier molecular flexibility index (Phi) is 4.82. The summed E-state index contributed by atoms with van der Waals surface area (Å²) in [5.74, 6) is -1.39. The van der Waals surface area contributed by atoms with Crippen molar-refractivity contribution in [3.05, 3.63) is 75.6 Å². The third-order valence-corrected chi connectivity index (χ3v) is 5.73. The molecule has 2 aromatic heterocycles. The van der Waals surface area contributed by atoms with Crippen LogP contribution in [0.4, 0.5) is 20.2 Å². The molecule has 0 aliphatic rings. The molecule has 0 saturated carbocycles. The number of thiophene rings is 1. The van der Waals surface area contributed by atoms with E-state index in [9.17, 15) is 13.6 Å². The van der Waals surface area contributed by atoms with Crippen molar-refractivity contribution in [2.45, 2.75) is 0 Å². The quantitative estimate of drug-likeness (QED) is 0.404. The Balaban J connectivity index is 1.68. The molecular formula is C20H12BrF2N3OS. The van der Waals surface area contributed by atoms with Crippen molar-refractivity contribution >= 4 is 54.8 Å². The number of carbonyl (C=O) groups is 1. The molecule has 3 N–H and O–H groups in total. The van der Waals surface area contributed by atoms with Gasteiger partial charge in [-0.2, -0.15) is 0 Å². The first-order valence-corrected chi connectivity index (χ1v) is 9.74. The first kappa shape index (κ1) is 18.5.